The molecule has 6 rings (SSSR count). The van der Waals surface area contributed by atoms with Crippen molar-refractivity contribution < 1.29 is 5.82 Å². The smallest absolute Gasteiger partial charge is 0.298 e. The minimum Gasteiger partial charge on any atom is -0.352 e. The first-order valence-electron chi connectivity index (χ1n) is 12.5. The highest BCUT2D eigenvalue weighted by atomic mass is 19.1. The summed E-state index contributed by atoms with van der Waals surface area (Å²) in [5, 5.41) is 11.5. The standard InChI is InChI=1S/C27H28FN7O.H2/c28-20-6-4-19(5-7-20)24-17-25(24)29-12-1-3-21-18-34(27(36)26(31-21)33-14-2-15-33)22-8-10-23(11-9-22)35-16-13-30-32-35;/h4-11,13,16,18,24-25,29H,1-3,12,14-15,17H2;1H/t24-,25+;/m0./s1. The van der Waals surface area contributed by atoms with E-state index >= 15 is 0 Å². The summed E-state index contributed by atoms with van der Waals surface area (Å²) in [6.45, 7) is 2.60. The third-order valence-corrected chi connectivity index (χ3v) is 7.01. The summed E-state index contributed by atoms with van der Waals surface area (Å²) in [6.07, 6.45) is 9.15. The molecule has 0 spiro atoms. The number of hydrogen-bond acceptors (Lipinski definition) is 6. The number of aryl methyl sites for hydroxylation is 1. The van der Waals surface area contributed by atoms with Crippen LogP contribution in [0, 0.1) is 5.82 Å². The summed E-state index contributed by atoms with van der Waals surface area (Å²) in [6, 6.07) is 15.0. The van der Waals surface area contributed by atoms with Crippen LogP contribution in [-0.2, 0) is 6.42 Å². The summed E-state index contributed by atoms with van der Waals surface area (Å²) in [5.41, 5.74) is 3.69. The predicted molar refractivity (Wildman–Crippen MR) is 138 cm³/mol. The zero-order valence-electron chi connectivity index (χ0n) is 19.9. The first kappa shape index (κ1) is 22.6. The van der Waals surface area contributed by atoms with Crippen LogP contribution in [0.25, 0.3) is 11.4 Å². The van der Waals surface area contributed by atoms with E-state index in [0.717, 1.165) is 62.4 Å². The van der Waals surface area contributed by atoms with Crippen LogP contribution in [0.1, 0.15) is 37.9 Å². The molecule has 8 nitrogen and oxygen atoms in total. The molecule has 1 saturated heterocycles. The van der Waals surface area contributed by atoms with Gasteiger partial charge < -0.3 is 10.2 Å². The van der Waals surface area contributed by atoms with Gasteiger partial charge in [-0.25, -0.2) is 14.1 Å². The van der Waals surface area contributed by atoms with E-state index in [4.69, 9.17) is 4.98 Å². The van der Waals surface area contributed by atoms with Crippen LogP contribution in [0.5, 0.6) is 0 Å². The lowest BCUT2D eigenvalue weighted by atomic mass is 10.1. The average molecular weight is 488 g/mol. The summed E-state index contributed by atoms with van der Waals surface area (Å²) in [7, 11) is 0. The minimum atomic E-state index is -0.193. The fourth-order valence-corrected chi connectivity index (χ4v) is 4.74. The van der Waals surface area contributed by atoms with E-state index in [-0.39, 0.29) is 12.8 Å². The van der Waals surface area contributed by atoms with Gasteiger partial charge in [0.15, 0.2) is 5.82 Å². The Morgan fingerprint density at radius 1 is 1.06 bits per heavy atom. The highest BCUT2D eigenvalue weighted by molar-refractivity contribution is 5.46. The monoisotopic (exact) mass is 487 g/mol. The van der Waals surface area contributed by atoms with Crippen molar-refractivity contribution in [2.45, 2.75) is 37.6 Å². The highest BCUT2D eigenvalue weighted by Gasteiger charge is 2.37. The summed E-state index contributed by atoms with van der Waals surface area (Å²) in [5.74, 6) is 0.802. The molecule has 1 saturated carbocycles. The molecule has 0 amide bonds. The molecular weight excluding hydrogens is 457 g/mol. The Morgan fingerprint density at radius 3 is 2.53 bits per heavy atom. The lowest BCUT2D eigenvalue weighted by Gasteiger charge is -2.31. The molecule has 36 heavy (non-hydrogen) atoms. The number of rotatable bonds is 9. The van der Waals surface area contributed by atoms with E-state index in [9.17, 15) is 9.18 Å². The molecule has 1 aliphatic carbocycles. The van der Waals surface area contributed by atoms with Crippen molar-refractivity contribution in [2.24, 2.45) is 0 Å². The van der Waals surface area contributed by atoms with Crippen LogP contribution in [0.4, 0.5) is 10.2 Å². The van der Waals surface area contributed by atoms with Gasteiger partial charge in [-0.3, -0.25) is 9.36 Å². The molecule has 1 aliphatic heterocycles. The summed E-state index contributed by atoms with van der Waals surface area (Å²) >= 11 is 0. The fourth-order valence-electron chi connectivity index (χ4n) is 4.74. The van der Waals surface area contributed by atoms with Crippen molar-refractivity contribution in [3.05, 3.63) is 94.5 Å². The molecule has 0 bridgehead atoms. The van der Waals surface area contributed by atoms with E-state index in [1.165, 1.54) is 17.7 Å². The van der Waals surface area contributed by atoms with Gasteiger partial charge in [-0.15, -0.1) is 5.10 Å². The van der Waals surface area contributed by atoms with Crippen LogP contribution in [-0.4, -0.2) is 50.2 Å². The van der Waals surface area contributed by atoms with Gasteiger partial charge in [0.05, 0.1) is 23.8 Å². The first-order valence-corrected chi connectivity index (χ1v) is 12.5. The lowest BCUT2D eigenvalue weighted by Crippen LogP contribution is -2.42. The Labute approximate surface area is 209 Å². The van der Waals surface area contributed by atoms with E-state index in [0.29, 0.717) is 17.8 Å². The molecule has 2 fully saturated rings. The molecular formula is C27H30FN7O. The molecule has 2 atom stereocenters. The maximum Gasteiger partial charge on any atom is 0.298 e. The number of benzene rings is 2. The number of halogens is 1. The molecule has 0 radical (unpaired) electrons. The summed E-state index contributed by atoms with van der Waals surface area (Å²) in [4.78, 5) is 20.1. The second kappa shape index (κ2) is 9.66. The van der Waals surface area contributed by atoms with Gasteiger partial charge in [0, 0.05) is 38.4 Å². The fraction of sp³-hybridized carbons (Fsp3) is 0.333. The van der Waals surface area contributed by atoms with Crippen LogP contribution >= 0.6 is 0 Å². The van der Waals surface area contributed by atoms with Crippen LogP contribution in [0.15, 0.2) is 71.9 Å². The van der Waals surface area contributed by atoms with Gasteiger partial charge >= 0.3 is 0 Å². The Bertz CT molecular complexity index is 1390. The molecule has 2 aromatic carbocycles. The van der Waals surface area contributed by atoms with Gasteiger partial charge in [0.1, 0.15) is 5.82 Å². The SMILES string of the molecule is O=c1c(N2CCC2)nc(CCCN[C@@H]2C[C@H]2c2ccc(F)cc2)cn1-c1ccc(-n2ccnn2)cc1.[HH]. The Hall–Kier alpha value is -3.85. The maximum absolute atomic E-state index is 13.3. The van der Waals surface area contributed by atoms with Crippen molar-refractivity contribution in [2.75, 3.05) is 24.5 Å². The molecule has 3 heterocycles. The van der Waals surface area contributed by atoms with Crippen molar-refractivity contribution in [1.82, 2.24) is 29.9 Å². The normalized spacial score (nSPS) is 18.8. The van der Waals surface area contributed by atoms with Gasteiger partial charge in [-0.1, -0.05) is 17.3 Å². The van der Waals surface area contributed by atoms with Crippen LogP contribution in [0.2, 0.25) is 0 Å². The van der Waals surface area contributed by atoms with Crippen molar-refractivity contribution in [1.29, 1.82) is 0 Å². The summed E-state index contributed by atoms with van der Waals surface area (Å²) < 4.78 is 16.6. The van der Waals surface area contributed by atoms with Crippen LogP contribution < -0.4 is 15.8 Å². The van der Waals surface area contributed by atoms with Gasteiger partial charge in [0.25, 0.3) is 5.56 Å². The molecule has 2 aliphatic rings. The zero-order valence-corrected chi connectivity index (χ0v) is 19.9. The lowest BCUT2D eigenvalue weighted by molar-refractivity contribution is 0.596. The zero-order chi connectivity index (χ0) is 24.5. The number of nitrogens with one attached hydrogen (secondary N) is 1. The van der Waals surface area contributed by atoms with Crippen molar-refractivity contribution in [3.8, 4) is 11.4 Å². The second-order valence-electron chi connectivity index (χ2n) is 9.49. The molecule has 0 unspecified atom stereocenters. The number of anilines is 1. The largest absolute Gasteiger partial charge is 0.352 e. The van der Waals surface area contributed by atoms with E-state index in [1.807, 2.05) is 42.6 Å². The number of aromatic nitrogens is 5. The van der Waals surface area contributed by atoms with E-state index in [2.05, 4.69) is 20.5 Å². The van der Waals surface area contributed by atoms with Crippen LogP contribution in [0.3, 0.4) is 0 Å². The van der Waals surface area contributed by atoms with Gasteiger partial charge in [-0.2, -0.15) is 0 Å². The highest BCUT2D eigenvalue weighted by Crippen LogP contribution is 2.40. The minimum absolute atomic E-state index is 0. The van der Waals surface area contributed by atoms with Crippen molar-refractivity contribution in [3.63, 3.8) is 0 Å². The van der Waals surface area contributed by atoms with Gasteiger partial charge in [-0.05, 0) is 74.2 Å². The Kier molecular flexibility index (Phi) is 6.06. The predicted octanol–water partition coefficient (Wildman–Crippen LogP) is 3.49. The Morgan fingerprint density at radius 2 is 1.83 bits per heavy atom. The Balaban J connectivity index is 0.00000280. The van der Waals surface area contributed by atoms with Crippen molar-refractivity contribution >= 4 is 5.82 Å². The molecule has 4 aromatic rings. The third kappa shape index (κ3) is 4.66. The van der Waals surface area contributed by atoms with E-state index in [1.54, 1.807) is 21.6 Å². The molecule has 1 N–H and O–H groups in total. The van der Waals surface area contributed by atoms with Gasteiger partial charge in [0.2, 0.25) is 0 Å². The quantitative estimate of drug-likeness (QED) is 0.364. The molecule has 9 heteroatoms. The third-order valence-electron chi connectivity index (χ3n) is 7.01. The molecule has 2 aromatic heterocycles. The topological polar surface area (TPSA) is 80.9 Å². The first-order chi connectivity index (χ1) is 17.7. The average Bonchev–Trinajstić information content (AvgIpc) is 3.42. The second-order valence-corrected chi connectivity index (χ2v) is 9.49. The van der Waals surface area contributed by atoms with E-state index < -0.39 is 0 Å². The maximum atomic E-state index is 13.3. The molecule has 186 valence electrons. The number of nitrogens with zero attached hydrogens (tertiary/aromatic N) is 6. The number of hydrogen-bond donors (Lipinski definition) is 1.